The van der Waals surface area contributed by atoms with Gasteiger partial charge in [-0.15, -0.1) is 0 Å². The van der Waals surface area contributed by atoms with E-state index in [2.05, 4.69) is 44.8 Å². The molecule has 6 heteroatoms. The first-order valence-electron chi connectivity index (χ1n) is 12.6. The van der Waals surface area contributed by atoms with E-state index >= 15 is 0 Å². The van der Waals surface area contributed by atoms with E-state index in [4.69, 9.17) is 12.2 Å². The highest BCUT2D eigenvalue weighted by molar-refractivity contribution is 7.80. The van der Waals surface area contributed by atoms with Crippen molar-refractivity contribution in [3.63, 3.8) is 0 Å². The second-order valence-corrected chi connectivity index (χ2v) is 13.1. The van der Waals surface area contributed by atoms with Crippen LogP contribution >= 0.6 is 12.2 Å². The molecule has 32 heavy (non-hydrogen) atoms. The van der Waals surface area contributed by atoms with Crippen molar-refractivity contribution >= 4 is 29.1 Å². The maximum Gasteiger partial charge on any atom is 0.232 e. The van der Waals surface area contributed by atoms with Gasteiger partial charge in [-0.2, -0.15) is 0 Å². The summed E-state index contributed by atoms with van der Waals surface area (Å²) in [6.45, 7) is 11.1. The van der Waals surface area contributed by atoms with Crippen LogP contribution in [0.5, 0.6) is 0 Å². The third kappa shape index (κ3) is 3.69. The zero-order valence-electron chi connectivity index (χ0n) is 21.2. The van der Waals surface area contributed by atoms with Crippen LogP contribution in [0.25, 0.3) is 0 Å². The molecule has 0 bridgehead atoms. The van der Waals surface area contributed by atoms with Gasteiger partial charge in [0.2, 0.25) is 11.8 Å². The number of carbonyl (C=O) groups is 2. The molecule has 1 saturated heterocycles. The third-order valence-electron chi connectivity index (χ3n) is 9.97. The van der Waals surface area contributed by atoms with E-state index in [0.29, 0.717) is 41.2 Å². The second-order valence-electron chi connectivity index (χ2n) is 12.7. The molecule has 5 nitrogen and oxygen atoms in total. The van der Waals surface area contributed by atoms with Crippen LogP contribution in [-0.4, -0.2) is 52.4 Å². The molecule has 0 radical (unpaired) electrons. The number of nitrogens with zero attached hydrogens (tertiary/aromatic N) is 2. The Labute approximate surface area is 200 Å². The number of piperidine rings is 1. The van der Waals surface area contributed by atoms with Crippen LogP contribution in [0.4, 0.5) is 0 Å². The van der Waals surface area contributed by atoms with Crippen molar-refractivity contribution in [3.8, 4) is 0 Å². The zero-order chi connectivity index (χ0) is 23.6. The fourth-order valence-electron chi connectivity index (χ4n) is 8.29. The van der Waals surface area contributed by atoms with Crippen molar-refractivity contribution < 1.29 is 9.59 Å². The van der Waals surface area contributed by atoms with Crippen LogP contribution in [0.15, 0.2) is 0 Å². The minimum atomic E-state index is -0.158. The molecule has 3 saturated carbocycles. The van der Waals surface area contributed by atoms with Crippen molar-refractivity contribution in [2.24, 2.45) is 34.5 Å². The van der Waals surface area contributed by atoms with Crippen LogP contribution in [-0.2, 0) is 9.59 Å². The monoisotopic (exact) mass is 461 g/mol. The Hall–Kier alpha value is -1.17. The van der Waals surface area contributed by atoms with Gasteiger partial charge >= 0.3 is 0 Å². The predicted molar refractivity (Wildman–Crippen MR) is 132 cm³/mol. The summed E-state index contributed by atoms with van der Waals surface area (Å²) < 4.78 is 0. The molecule has 7 atom stereocenters. The van der Waals surface area contributed by atoms with Gasteiger partial charge in [-0.3, -0.25) is 14.5 Å². The molecule has 3 aliphatic carbocycles. The maximum absolute atomic E-state index is 13.6. The first-order valence-corrected chi connectivity index (χ1v) is 13.1. The molecular formula is C26H43N3O2S. The van der Waals surface area contributed by atoms with Gasteiger partial charge in [0.1, 0.15) is 0 Å². The maximum atomic E-state index is 13.6. The summed E-state index contributed by atoms with van der Waals surface area (Å²) in [7, 11) is 3.86. The Bertz CT molecular complexity index is 807. The molecule has 0 aromatic rings. The summed E-state index contributed by atoms with van der Waals surface area (Å²) in [5, 5.41) is 3.83. The lowest BCUT2D eigenvalue weighted by Crippen LogP contribution is -2.61. The Kier molecular flexibility index (Phi) is 5.96. The van der Waals surface area contributed by atoms with E-state index < -0.39 is 0 Å². The van der Waals surface area contributed by atoms with Gasteiger partial charge in [0, 0.05) is 38.0 Å². The van der Waals surface area contributed by atoms with Crippen LogP contribution in [0.1, 0.15) is 86.0 Å². The van der Waals surface area contributed by atoms with Gasteiger partial charge in [-0.05, 0) is 107 Å². The highest BCUT2D eigenvalue weighted by atomic mass is 32.1. The number of nitrogens with one attached hydrogen (secondary N) is 1. The number of hydrogen-bond donors (Lipinski definition) is 1. The van der Waals surface area contributed by atoms with Gasteiger partial charge in [-0.1, -0.05) is 13.8 Å². The first kappa shape index (κ1) is 24.0. The Morgan fingerprint density at radius 3 is 2.38 bits per heavy atom. The fraction of sp³-hybridized carbons (Fsp3) is 0.885. The first-order chi connectivity index (χ1) is 14.8. The molecule has 1 heterocycles. The topological polar surface area (TPSA) is 52.7 Å². The Balaban J connectivity index is 1.53. The molecule has 0 aromatic carbocycles. The Morgan fingerprint density at radius 1 is 1.06 bits per heavy atom. The number of carbonyl (C=O) groups excluding carboxylic acids is 2. The van der Waals surface area contributed by atoms with E-state index in [1.54, 1.807) is 4.90 Å². The molecule has 2 amide bonds. The largest absolute Gasteiger partial charge is 0.358 e. The van der Waals surface area contributed by atoms with Gasteiger partial charge in [0.25, 0.3) is 0 Å². The highest BCUT2D eigenvalue weighted by Crippen LogP contribution is 2.66. The standard InChI is InChI=1S/C26H43N3O2S/c1-24(2,3)27-23(32)29(7)22(31)19-10-9-17-16-8-11-20-26(5,15-13-21(30)28(20)6)18(16)12-14-25(17,19)4/h16-20H,8-15H2,1-7H3,(H,27,32)/t16-,17-,18+,19?,20?,25-,26+/m0/s1. The lowest BCUT2D eigenvalue weighted by Gasteiger charge is -2.61. The summed E-state index contributed by atoms with van der Waals surface area (Å²) in [5.74, 6) is 2.52. The molecule has 180 valence electrons. The molecule has 1 N–H and O–H groups in total. The van der Waals surface area contributed by atoms with E-state index in [1.807, 2.05) is 14.1 Å². The van der Waals surface area contributed by atoms with Gasteiger partial charge in [0.15, 0.2) is 5.11 Å². The fourth-order valence-corrected chi connectivity index (χ4v) is 8.69. The summed E-state index contributed by atoms with van der Waals surface area (Å²) in [6.07, 6.45) is 8.46. The zero-order valence-corrected chi connectivity index (χ0v) is 22.0. The molecule has 4 fully saturated rings. The lowest BCUT2D eigenvalue weighted by atomic mass is 9.47. The van der Waals surface area contributed by atoms with Crippen LogP contribution in [0, 0.1) is 34.5 Å². The van der Waals surface area contributed by atoms with E-state index in [-0.39, 0.29) is 28.2 Å². The number of rotatable bonds is 1. The second kappa shape index (κ2) is 7.95. The number of fused-ring (bicyclic) bond motifs is 5. The highest BCUT2D eigenvalue weighted by Gasteiger charge is 2.62. The van der Waals surface area contributed by atoms with Gasteiger partial charge in [0.05, 0.1) is 0 Å². The van der Waals surface area contributed by atoms with Crippen LogP contribution in [0.3, 0.4) is 0 Å². The normalized spacial score (nSPS) is 41.4. The molecule has 0 spiro atoms. The van der Waals surface area contributed by atoms with Gasteiger partial charge < -0.3 is 10.2 Å². The molecule has 0 aromatic heterocycles. The lowest BCUT2D eigenvalue weighted by molar-refractivity contribution is -0.160. The van der Waals surface area contributed by atoms with Gasteiger partial charge in [-0.25, -0.2) is 0 Å². The number of thiocarbonyl (C=S) groups is 1. The Morgan fingerprint density at radius 2 is 1.72 bits per heavy atom. The SMILES string of the molecule is CN(C(=O)C1CC[C@H]2[C@@H]3CCC4N(C)C(=O)CC[C@]4(C)[C@@H]3CC[C@]12C)C(=S)NC(C)(C)C. The molecule has 4 aliphatic rings. The number of likely N-dealkylation sites (tertiary alicyclic amines) is 1. The molecule has 2 unspecified atom stereocenters. The molecular weight excluding hydrogens is 418 g/mol. The number of hydrogen-bond acceptors (Lipinski definition) is 3. The van der Waals surface area contributed by atoms with Crippen molar-refractivity contribution in [3.05, 3.63) is 0 Å². The summed E-state index contributed by atoms with van der Waals surface area (Å²) in [6, 6.07) is 0.389. The summed E-state index contributed by atoms with van der Waals surface area (Å²) in [4.78, 5) is 29.8. The van der Waals surface area contributed by atoms with E-state index in [0.717, 1.165) is 32.1 Å². The van der Waals surface area contributed by atoms with E-state index in [1.165, 1.54) is 12.8 Å². The summed E-state index contributed by atoms with van der Waals surface area (Å²) in [5.41, 5.74) is 0.127. The molecule has 1 aliphatic heterocycles. The quantitative estimate of drug-likeness (QED) is 0.580. The van der Waals surface area contributed by atoms with Crippen molar-refractivity contribution in [2.75, 3.05) is 14.1 Å². The smallest absolute Gasteiger partial charge is 0.232 e. The van der Waals surface area contributed by atoms with Crippen LogP contribution in [0.2, 0.25) is 0 Å². The van der Waals surface area contributed by atoms with Crippen LogP contribution < -0.4 is 5.32 Å². The predicted octanol–water partition coefficient (Wildman–Crippen LogP) is 4.60. The van der Waals surface area contributed by atoms with Crippen molar-refractivity contribution in [1.82, 2.24) is 15.1 Å². The minimum Gasteiger partial charge on any atom is -0.358 e. The molecule has 4 rings (SSSR count). The summed E-state index contributed by atoms with van der Waals surface area (Å²) >= 11 is 5.57. The third-order valence-corrected chi connectivity index (χ3v) is 10.3. The van der Waals surface area contributed by atoms with E-state index in [9.17, 15) is 9.59 Å². The average Bonchev–Trinajstić information content (AvgIpc) is 3.06. The number of amides is 2. The average molecular weight is 462 g/mol. The van der Waals surface area contributed by atoms with Crippen molar-refractivity contribution in [1.29, 1.82) is 0 Å². The van der Waals surface area contributed by atoms with Crippen molar-refractivity contribution in [2.45, 2.75) is 97.6 Å². The minimum absolute atomic E-state index is 0.0549.